The zero-order valence-corrected chi connectivity index (χ0v) is 19.4. The van der Waals surface area contributed by atoms with E-state index in [9.17, 15) is 9.59 Å². The van der Waals surface area contributed by atoms with Crippen LogP contribution in [-0.4, -0.2) is 46.7 Å². The topological polar surface area (TPSA) is 119 Å². The summed E-state index contributed by atoms with van der Waals surface area (Å²) < 4.78 is 3.59. The molecule has 11 heteroatoms. The summed E-state index contributed by atoms with van der Waals surface area (Å²) in [6, 6.07) is 16.1. The number of fused-ring (bicyclic) bond motifs is 1. The van der Waals surface area contributed by atoms with Crippen LogP contribution in [0.3, 0.4) is 0 Å². The van der Waals surface area contributed by atoms with Crippen LogP contribution in [-0.2, 0) is 11.8 Å². The number of thioether (sulfide) groups is 1. The van der Waals surface area contributed by atoms with Crippen LogP contribution in [0.2, 0.25) is 0 Å². The highest BCUT2D eigenvalue weighted by molar-refractivity contribution is 7.99. The van der Waals surface area contributed by atoms with Crippen LogP contribution in [0.1, 0.15) is 10.4 Å². The molecule has 0 bridgehead atoms. The summed E-state index contributed by atoms with van der Waals surface area (Å²) in [7, 11) is 1.81. The molecule has 0 spiro atoms. The Bertz CT molecular complexity index is 1480. The van der Waals surface area contributed by atoms with Gasteiger partial charge in [0.05, 0.1) is 11.4 Å². The highest BCUT2D eigenvalue weighted by atomic mass is 32.2. The maximum absolute atomic E-state index is 12.8. The summed E-state index contributed by atoms with van der Waals surface area (Å²) in [6.07, 6.45) is 7.07. The van der Waals surface area contributed by atoms with Gasteiger partial charge < -0.3 is 15.2 Å². The number of aryl methyl sites for hydroxylation is 1. The molecule has 174 valence electrons. The van der Waals surface area contributed by atoms with E-state index in [2.05, 4.69) is 30.8 Å². The van der Waals surface area contributed by atoms with Gasteiger partial charge in [0.1, 0.15) is 6.33 Å². The third-order valence-electron chi connectivity index (χ3n) is 5.08. The van der Waals surface area contributed by atoms with Crippen molar-refractivity contribution < 1.29 is 9.59 Å². The number of hydrogen-bond acceptors (Lipinski definition) is 7. The maximum atomic E-state index is 12.8. The van der Waals surface area contributed by atoms with Gasteiger partial charge in [-0.25, -0.2) is 9.97 Å². The van der Waals surface area contributed by atoms with Gasteiger partial charge in [-0.05, 0) is 36.4 Å². The van der Waals surface area contributed by atoms with Crippen LogP contribution >= 0.6 is 11.8 Å². The number of benzene rings is 2. The molecule has 0 radical (unpaired) electrons. The first kappa shape index (κ1) is 22.3. The van der Waals surface area contributed by atoms with Gasteiger partial charge >= 0.3 is 0 Å². The van der Waals surface area contributed by atoms with Gasteiger partial charge in [-0.15, -0.1) is 10.2 Å². The zero-order valence-electron chi connectivity index (χ0n) is 18.6. The van der Waals surface area contributed by atoms with E-state index in [4.69, 9.17) is 0 Å². The summed E-state index contributed by atoms with van der Waals surface area (Å²) in [6.45, 7) is 0. The minimum atomic E-state index is -0.278. The molecule has 0 aliphatic carbocycles. The van der Waals surface area contributed by atoms with E-state index in [-0.39, 0.29) is 17.6 Å². The first-order valence-electron chi connectivity index (χ1n) is 10.6. The second kappa shape index (κ2) is 9.77. The molecular formula is C24H20N8O2S. The zero-order chi connectivity index (χ0) is 24.2. The van der Waals surface area contributed by atoms with Crippen LogP contribution in [0.4, 0.5) is 11.4 Å². The summed E-state index contributed by atoms with van der Waals surface area (Å²) in [5.41, 5.74) is 3.33. The van der Waals surface area contributed by atoms with Gasteiger partial charge in [0.2, 0.25) is 11.7 Å². The smallest absolute Gasteiger partial charge is 0.255 e. The Kier molecular flexibility index (Phi) is 6.22. The van der Waals surface area contributed by atoms with E-state index in [1.165, 1.54) is 11.8 Å². The number of nitrogens with zero attached hydrogens (tertiary/aromatic N) is 6. The summed E-state index contributed by atoms with van der Waals surface area (Å²) in [4.78, 5) is 33.8. The summed E-state index contributed by atoms with van der Waals surface area (Å²) >= 11 is 1.28. The van der Waals surface area contributed by atoms with Crippen molar-refractivity contribution in [2.45, 2.75) is 5.16 Å². The fourth-order valence-electron chi connectivity index (χ4n) is 3.37. The predicted octanol–water partition coefficient (Wildman–Crippen LogP) is 3.51. The highest BCUT2D eigenvalue weighted by Gasteiger charge is 2.11. The minimum absolute atomic E-state index is 0.178. The molecule has 0 atom stereocenters. The third-order valence-corrected chi connectivity index (χ3v) is 6.12. The Morgan fingerprint density at radius 3 is 2.66 bits per heavy atom. The van der Waals surface area contributed by atoms with E-state index < -0.39 is 0 Å². The molecule has 2 N–H and O–H groups in total. The van der Waals surface area contributed by atoms with E-state index in [0.29, 0.717) is 27.9 Å². The highest BCUT2D eigenvalue weighted by Crippen LogP contribution is 2.22. The second-order valence-corrected chi connectivity index (χ2v) is 8.57. The molecule has 0 aliphatic rings. The Morgan fingerprint density at radius 2 is 1.89 bits per heavy atom. The number of carbonyl (C=O) groups is 2. The van der Waals surface area contributed by atoms with Crippen molar-refractivity contribution in [3.05, 3.63) is 85.1 Å². The minimum Gasteiger partial charge on any atom is -0.325 e. The molecule has 0 aliphatic heterocycles. The van der Waals surface area contributed by atoms with Crippen LogP contribution in [0.25, 0.3) is 17.0 Å². The molecular weight excluding hydrogens is 464 g/mol. The van der Waals surface area contributed by atoms with Crippen molar-refractivity contribution in [1.29, 1.82) is 0 Å². The molecule has 10 nitrogen and oxygen atoms in total. The molecule has 3 heterocycles. The number of nitrogens with one attached hydrogen (secondary N) is 2. The molecule has 5 rings (SSSR count). The number of anilines is 2. The van der Waals surface area contributed by atoms with Gasteiger partial charge in [-0.3, -0.25) is 14.0 Å². The van der Waals surface area contributed by atoms with Crippen LogP contribution in [0.15, 0.2) is 84.7 Å². The summed E-state index contributed by atoms with van der Waals surface area (Å²) in [5.74, 6) is 0.323. The number of hydrogen-bond donors (Lipinski definition) is 2. The number of amides is 2. The molecule has 2 aromatic carbocycles. The first-order valence-corrected chi connectivity index (χ1v) is 11.6. The molecule has 35 heavy (non-hydrogen) atoms. The molecule has 0 fully saturated rings. The lowest BCUT2D eigenvalue weighted by Gasteiger charge is -2.09. The molecule has 0 saturated heterocycles. The Morgan fingerprint density at radius 1 is 1.03 bits per heavy atom. The maximum Gasteiger partial charge on any atom is 0.255 e. The van der Waals surface area contributed by atoms with Gasteiger partial charge in [0.15, 0.2) is 5.16 Å². The average Bonchev–Trinajstić information content (AvgIpc) is 3.49. The quantitative estimate of drug-likeness (QED) is 0.339. The number of aromatic nitrogens is 6. The summed E-state index contributed by atoms with van der Waals surface area (Å²) in [5, 5.41) is 14.1. The van der Waals surface area contributed by atoms with Crippen molar-refractivity contribution in [3.8, 4) is 11.3 Å². The van der Waals surface area contributed by atoms with Crippen LogP contribution in [0, 0.1) is 0 Å². The van der Waals surface area contributed by atoms with Crippen molar-refractivity contribution >= 4 is 40.7 Å². The molecule has 3 aromatic heterocycles. The van der Waals surface area contributed by atoms with Crippen molar-refractivity contribution in [2.24, 2.45) is 7.05 Å². The van der Waals surface area contributed by atoms with Crippen LogP contribution in [0.5, 0.6) is 0 Å². The van der Waals surface area contributed by atoms with Gasteiger partial charge in [0.25, 0.3) is 5.91 Å². The van der Waals surface area contributed by atoms with E-state index >= 15 is 0 Å². The standard InChI is InChI=1S/C24H20N8O2S/c1-31-15-26-30-24(31)35-14-21(33)27-19-5-2-4-17(12-19)22(34)28-18-8-6-16(7-9-18)20-13-32-11-3-10-25-23(32)29-20/h2-13,15H,14H2,1H3,(H,27,33)(H,28,34). The lowest BCUT2D eigenvalue weighted by molar-refractivity contribution is -0.113. The fourth-order valence-corrected chi connectivity index (χ4v) is 4.05. The van der Waals surface area contributed by atoms with E-state index in [1.54, 1.807) is 41.4 Å². The Balaban J connectivity index is 1.20. The van der Waals surface area contributed by atoms with Crippen molar-refractivity contribution in [2.75, 3.05) is 16.4 Å². The van der Waals surface area contributed by atoms with Crippen LogP contribution < -0.4 is 10.6 Å². The SMILES string of the molecule is Cn1cnnc1SCC(=O)Nc1cccc(C(=O)Nc2ccc(-c3cn4cccnc4n3)cc2)c1. The average molecular weight is 485 g/mol. The van der Waals surface area contributed by atoms with E-state index in [0.717, 1.165) is 11.3 Å². The van der Waals surface area contributed by atoms with Crippen molar-refractivity contribution in [3.63, 3.8) is 0 Å². The number of rotatable bonds is 7. The lowest BCUT2D eigenvalue weighted by Crippen LogP contribution is -2.16. The van der Waals surface area contributed by atoms with E-state index in [1.807, 2.05) is 54.2 Å². The molecule has 5 aromatic rings. The molecule has 2 amide bonds. The molecule has 0 unspecified atom stereocenters. The first-order chi connectivity index (χ1) is 17.0. The third kappa shape index (κ3) is 5.20. The normalized spacial score (nSPS) is 10.9. The largest absolute Gasteiger partial charge is 0.325 e. The number of carbonyl (C=O) groups excluding carboxylic acids is 2. The van der Waals surface area contributed by atoms with Crippen molar-refractivity contribution in [1.82, 2.24) is 29.1 Å². The van der Waals surface area contributed by atoms with Gasteiger partial charge in [0, 0.05) is 48.1 Å². The Labute approximate surface area is 204 Å². The monoisotopic (exact) mass is 484 g/mol. The molecule has 0 saturated carbocycles. The lowest BCUT2D eigenvalue weighted by atomic mass is 10.1. The Hall–Kier alpha value is -4.51. The number of imidazole rings is 1. The van der Waals surface area contributed by atoms with Gasteiger partial charge in [-0.1, -0.05) is 30.0 Å². The second-order valence-electron chi connectivity index (χ2n) is 7.63. The van der Waals surface area contributed by atoms with Gasteiger partial charge in [-0.2, -0.15) is 0 Å². The predicted molar refractivity (Wildman–Crippen MR) is 133 cm³/mol. The fraction of sp³-hybridized carbons (Fsp3) is 0.0833.